The highest BCUT2D eigenvalue weighted by Crippen LogP contribution is 2.65. The van der Waals surface area contributed by atoms with Gasteiger partial charge >= 0.3 is 0 Å². The highest BCUT2D eigenvalue weighted by molar-refractivity contribution is 9.10. The Morgan fingerprint density at radius 3 is 2.08 bits per heavy atom. The van der Waals surface area contributed by atoms with Gasteiger partial charge in [-0.3, -0.25) is 19.8 Å². The molecule has 0 unspecified atom stereocenters. The molecule has 5 aliphatic rings. The van der Waals surface area contributed by atoms with E-state index in [2.05, 4.69) is 33.5 Å². The van der Waals surface area contributed by atoms with Gasteiger partial charge in [0, 0.05) is 10.0 Å². The number of nitrogens with one attached hydrogen (secondary N) is 1. The topological polar surface area (TPSA) is 66.5 Å². The lowest BCUT2D eigenvalue weighted by Crippen LogP contribution is -2.46. The lowest BCUT2D eigenvalue weighted by molar-refractivity contribution is -0.143. The summed E-state index contributed by atoms with van der Waals surface area (Å²) in [5.74, 6) is -0.0797. The first-order valence-corrected chi connectivity index (χ1v) is 8.98. The molecule has 122 valence electrons. The number of allylic oxidation sites excluding steroid dienone is 2. The second-order valence-corrected chi connectivity index (χ2v) is 8.03. The molecule has 6 atom stereocenters. The normalized spacial score (nSPS) is 38.1. The predicted octanol–water partition coefficient (Wildman–Crippen LogP) is 2.15. The van der Waals surface area contributed by atoms with Gasteiger partial charge < -0.3 is 0 Å². The minimum Gasteiger partial charge on any atom is -0.272 e. The number of hydrogen-bond acceptors (Lipinski definition) is 3. The number of nitrogens with zero attached hydrogens (tertiary/aromatic N) is 1. The summed E-state index contributed by atoms with van der Waals surface area (Å²) in [7, 11) is 0. The van der Waals surface area contributed by atoms with Crippen molar-refractivity contribution < 1.29 is 14.4 Å². The molecule has 0 radical (unpaired) electrons. The van der Waals surface area contributed by atoms with Gasteiger partial charge in [0.1, 0.15) is 0 Å². The molecule has 6 rings (SSSR count). The Kier molecular flexibility index (Phi) is 2.87. The number of carbonyl (C=O) groups is 3. The van der Waals surface area contributed by atoms with Gasteiger partial charge in [-0.25, -0.2) is 0 Å². The van der Waals surface area contributed by atoms with Gasteiger partial charge in [-0.1, -0.05) is 28.1 Å². The Hall–Kier alpha value is -1.95. The Morgan fingerprint density at radius 2 is 1.54 bits per heavy atom. The van der Waals surface area contributed by atoms with Crippen LogP contribution < -0.4 is 5.43 Å². The lowest BCUT2D eigenvalue weighted by atomic mass is 9.63. The summed E-state index contributed by atoms with van der Waals surface area (Å²) in [6, 6.07) is 6.80. The Bertz CT molecular complexity index is 767. The maximum Gasteiger partial charge on any atom is 0.270 e. The van der Waals surface area contributed by atoms with Crippen LogP contribution in [0.25, 0.3) is 0 Å². The summed E-state index contributed by atoms with van der Waals surface area (Å²) in [6.07, 6.45) is 5.36. The van der Waals surface area contributed by atoms with Crippen molar-refractivity contribution in [2.45, 2.75) is 6.42 Å². The van der Waals surface area contributed by atoms with Crippen molar-refractivity contribution in [2.24, 2.45) is 35.5 Å². The number of amides is 3. The van der Waals surface area contributed by atoms with Crippen molar-refractivity contribution in [3.8, 4) is 0 Å². The van der Waals surface area contributed by atoms with E-state index in [1.54, 1.807) is 24.3 Å². The average Bonchev–Trinajstić information content (AvgIpc) is 3.36. The molecule has 1 aliphatic heterocycles. The molecule has 1 heterocycles. The second-order valence-electron chi connectivity index (χ2n) is 7.11. The average molecular weight is 387 g/mol. The zero-order valence-electron chi connectivity index (χ0n) is 12.7. The molecule has 24 heavy (non-hydrogen) atoms. The van der Waals surface area contributed by atoms with Crippen LogP contribution in [-0.4, -0.2) is 22.7 Å². The third kappa shape index (κ3) is 1.83. The van der Waals surface area contributed by atoms with E-state index < -0.39 is 5.91 Å². The third-order valence-electron chi connectivity index (χ3n) is 5.98. The van der Waals surface area contributed by atoms with Crippen LogP contribution in [-0.2, 0) is 9.59 Å². The summed E-state index contributed by atoms with van der Waals surface area (Å²) in [5.41, 5.74) is 2.94. The maximum atomic E-state index is 12.8. The highest BCUT2D eigenvalue weighted by atomic mass is 79.9. The molecular formula is C18H15BrN2O3. The molecule has 4 aliphatic carbocycles. The van der Waals surface area contributed by atoms with E-state index in [0.717, 1.165) is 15.9 Å². The van der Waals surface area contributed by atoms with Gasteiger partial charge in [0.05, 0.1) is 11.8 Å². The van der Waals surface area contributed by atoms with Gasteiger partial charge in [0.25, 0.3) is 17.7 Å². The zero-order valence-corrected chi connectivity index (χ0v) is 14.3. The fraction of sp³-hybridized carbons (Fsp3) is 0.389. The molecule has 3 amide bonds. The van der Waals surface area contributed by atoms with Crippen molar-refractivity contribution in [1.82, 2.24) is 10.4 Å². The summed E-state index contributed by atoms with van der Waals surface area (Å²) >= 11 is 3.32. The number of rotatable bonds is 2. The first kappa shape index (κ1) is 14.4. The number of hydrogen-bond donors (Lipinski definition) is 1. The van der Waals surface area contributed by atoms with Crippen LogP contribution in [0.2, 0.25) is 0 Å². The minimum absolute atomic E-state index is 0.163. The molecule has 1 saturated heterocycles. The van der Waals surface area contributed by atoms with E-state index in [1.807, 2.05) is 0 Å². The first-order valence-electron chi connectivity index (χ1n) is 8.19. The molecule has 2 saturated carbocycles. The molecule has 2 bridgehead atoms. The Labute approximate surface area is 147 Å². The molecule has 1 aromatic rings. The summed E-state index contributed by atoms with van der Waals surface area (Å²) in [6.45, 7) is 0. The third-order valence-corrected chi connectivity index (χ3v) is 6.51. The number of hydrazine groups is 1. The molecular weight excluding hydrogens is 372 g/mol. The number of halogens is 1. The van der Waals surface area contributed by atoms with Crippen molar-refractivity contribution >= 4 is 33.7 Å². The van der Waals surface area contributed by atoms with Crippen LogP contribution >= 0.6 is 15.9 Å². The van der Waals surface area contributed by atoms with E-state index in [-0.39, 0.29) is 35.5 Å². The molecule has 0 spiro atoms. The number of imide groups is 1. The lowest BCUT2D eigenvalue weighted by Gasteiger charge is -2.37. The van der Waals surface area contributed by atoms with Gasteiger partial charge in [-0.05, 0) is 54.4 Å². The van der Waals surface area contributed by atoms with Crippen molar-refractivity contribution in [3.05, 3.63) is 46.5 Å². The van der Waals surface area contributed by atoms with E-state index in [0.29, 0.717) is 17.4 Å². The summed E-state index contributed by atoms with van der Waals surface area (Å²) in [5, 5.41) is 0.970. The van der Waals surface area contributed by atoms with Gasteiger partial charge in [-0.15, -0.1) is 0 Å². The SMILES string of the molecule is O=C(NN1C(=O)[C@H]2[C@H]3C=C[C@@H]([C@@H]4C[C@H]34)[C@@H]2C1=O)c1ccc(Br)cc1. The van der Waals surface area contributed by atoms with Gasteiger partial charge in [0.15, 0.2) is 0 Å². The second kappa shape index (κ2) is 4.79. The fourth-order valence-corrected chi connectivity index (χ4v) is 5.10. The van der Waals surface area contributed by atoms with Crippen LogP contribution in [0.4, 0.5) is 0 Å². The molecule has 0 aromatic heterocycles. The van der Waals surface area contributed by atoms with Crippen LogP contribution in [0, 0.1) is 35.5 Å². The zero-order chi connectivity index (χ0) is 16.6. The molecule has 5 nitrogen and oxygen atoms in total. The smallest absolute Gasteiger partial charge is 0.270 e. The van der Waals surface area contributed by atoms with Crippen LogP contribution in [0.1, 0.15) is 16.8 Å². The van der Waals surface area contributed by atoms with E-state index in [4.69, 9.17) is 0 Å². The number of benzene rings is 1. The maximum absolute atomic E-state index is 12.8. The minimum atomic E-state index is -0.437. The summed E-state index contributed by atoms with van der Waals surface area (Å²) < 4.78 is 0.861. The molecule has 1 aromatic carbocycles. The first-order chi connectivity index (χ1) is 11.6. The predicted molar refractivity (Wildman–Crippen MR) is 88.2 cm³/mol. The van der Waals surface area contributed by atoms with Crippen molar-refractivity contribution in [2.75, 3.05) is 0 Å². The van der Waals surface area contributed by atoms with Crippen molar-refractivity contribution in [1.29, 1.82) is 0 Å². The van der Waals surface area contributed by atoms with Gasteiger partial charge in [0.2, 0.25) is 0 Å². The van der Waals surface area contributed by atoms with E-state index >= 15 is 0 Å². The highest BCUT2D eigenvalue weighted by Gasteiger charge is 2.67. The largest absolute Gasteiger partial charge is 0.272 e. The monoisotopic (exact) mass is 386 g/mol. The van der Waals surface area contributed by atoms with Gasteiger partial charge in [-0.2, -0.15) is 5.01 Å². The molecule has 1 N–H and O–H groups in total. The standard InChI is InChI=1S/C18H15BrN2O3/c19-9-3-1-8(2-4-9)16(22)20-21-17(23)14-10-5-6-11(13-7-12(10)13)15(14)18(21)24/h1-6,10-15H,7H2,(H,20,22)/t10-,11-,12-,13+,14-,15-/m0/s1. The fourth-order valence-electron chi connectivity index (χ4n) is 4.83. The van der Waals surface area contributed by atoms with Crippen molar-refractivity contribution in [3.63, 3.8) is 0 Å². The van der Waals surface area contributed by atoms with Crippen LogP contribution in [0.15, 0.2) is 40.9 Å². The van der Waals surface area contributed by atoms with E-state index in [9.17, 15) is 14.4 Å². The Balaban J connectivity index is 1.40. The quantitative estimate of drug-likeness (QED) is 0.625. The summed E-state index contributed by atoms with van der Waals surface area (Å²) in [4.78, 5) is 37.9. The van der Waals surface area contributed by atoms with E-state index in [1.165, 1.54) is 0 Å². The van der Waals surface area contributed by atoms with Crippen LogP contribution in [0.3, 0.4) is 0 Å². The molecule has 6 heteroatoms. The Morgan fingerprint density at radius 1 is 1.00 bits per heavy atom. The van der Waals surface area contributed by atoms with Crippen LogP contribution in [0.5, 0.6) is 0 Å². The molecule has 3 fully saturated rings. The number of carbonyl (C=O) groups excluding carboxylic acids is 3.